The van der Waals surface area contributed by atoms with E-state index in [-0.39, 0.29) is 11.9 Å². The number of hydrogen-bond acceptors (Lipinski definition) is 1. The molecule has 17 heavy (non-hydrogen) atoms. The van der Waals surface area contributed by atoms with Crippen molar-refractivity contribution >= 4 is 21.8 Å². The summed E-state index contributed by atoms with van der Waals surface area (Å²) in [7, 11) is 0. The molecule has 0 atom stereocenters. The van der Waals surface area contributed by atoms with E-state index in [0.29, 0.717) is 6.42 Å². The summed E-state index contributed by atoms with van der Waals surface area (Å²) < 4.78 is 0. The van der Waals surface area contributed by atoms with Crippen LogP contribution in [0.5, 0.6) is 0 Å². The second-order valence-electron chi connectivity index (χ2n) is 4.54. The second-order valence-corrected chi connectivity index (χ2v) is 5.33. The number of aryl methyl sites for hydroxylation is 1. The van der Waals surface area contributed by atoms with Crippen molar-refractivity contribution in [1.82, 2.24) is 4.90 Å². The van der Waals surface area contributed by atoms with Crippen molar-refractivity contribution in [2.24, 2.45) is 0 Å². The van der Waals surface area contributed by atoms with Gasteiger partial charge in [0.2, 0.25) is 5.91 Å². The van der Waals surface area contributed by atoms with Crippen LogP contribution in [-0.2, 0) is 11.2 Å². The molecule has 0 bridgehead atoms. The van der Waals surface area contributed by atoms with Crippen molar-refractivity contribution in [3.05, 3.63) is 35.4 Å². The van der Waals surface area contributed by atoms with Crippen LogP contribution in [0.1, 0.15) is 25.0 Å². The van der Waals surface area contributed by atoms with Gasteiger partial charge in [0, 0.05) is 17.9 Å². The molecule has 0 saturated carbocycles. The van der Waals surface area contributed by atoms with Crippen molar-refractivity contribution in [1.29, 1.82) is 0 Å². The first-order valence-electron chi connectivity index (χ1n) is 5.95. The Morgan fingerprint density at radius 3 is 2.65 bits per heavy atom. The normalized spacial score (nSPS) is 10.6. The monoisotopic (exact) mass is 297 g/mol. The molecular weight excluding hydrogens is 278 g/mol. The Morgan fingerprint density at radius 2 is 2.12 bits per heavy atom. The topological polar surface area (TPSA) is 20.3 Å². The van der Waals surface area contributed by atoms with Crippen LogP contribution in [0.25, 0.3) is 0 Å². The smallest absolute Gasteiger partial charge is 0.227 e. The van der Waals surface area contributed by atoms with Gasteiger partial charge in [-0.25, -0.2) is 0 Å². The quantitative estimate of drug-likeness (QED) is 0.765. The minimum atomic E-state index is 0.199. The largest absolute Gasteiger partial charge is 0.339 e. The molecule has 0 aliphatic rings. The number of rotatable bonds is 5. The zero-order valence-corrected chi connectivity index (χ0v) is 12.3. The van der Waals surface area contributed by atoms with E-state index in [1.54, 1.807) is 0 Å². The standard InChI is InChI=1S/C14H20BrNO/c1-11(2)16(8-7-15)14(17)10-13-6-4-5-12(3)9-13/h4-6,9,11H,7-8,10H2,1-3H3. The molecule has 0 saturated heterocycles. The molecule has 0 aliphatic carbocycles. The highest BCUT2D eigenvalue weighted by molar-refractivity contribution is 9.09. The third kappa shape index (κ3) is 4.50. The van der Waals surface area contributed by atoms with Crippen molar-refractivity contribution < 1.29 is 4.79 Å². The fraction of sp³-hybridized carbons (Fsp3) is 0.500. The summed E-state index contributed by atoms with van der Waals surface area (Å²) in [6.07, 6.45) is 0.493. The summed E-state index contributed by atoms with van der Waals surface area (Å²) in [6.45, 7) is 6.92. The Labute approximate surface area is 112 Å². The summed E-state index contributed by atoms with van der Waals surface area (Å²) >= 11 is 3.39. The van der Waals surface area contributed by atoms with E-state index in [9.17, 15) is 4.79 Å². The molecular formula is C14H20BrNO. The minimum Gasteiger partial charge on any atom is -0.339 e. The van der Waals surface area contributed by atoms with Gasteiger partial charge in [-0.05, 0) is 26.3 Å². The predicted octanol–water partition coefficient (Wildman–Crippen LogP) is 3.17. The molecule has 0 fully saturated rings. The number of benzene rings is 1. The number of halogens is 1. The molecule has 0 unspecified atom stereocenters. The fourth-order valence-electron chi connectivity index (χ4n) is 1.86. The fourth-order valence-corrected chi connectivity index (χ4v) is 2.24. The van der Waals surface area contributed by atoms with Crippen LogP contribution < -0.4 is 0 Å². The van der Waals surface area contributed by atoms with Crippen LogP contribution in [0, 0.1) is 6.92 Å². The summed E-state index contributed by atoms with van der Waals surface area (Å²) in [5.74, 6) is 0.199. The number of carbonyl (C=O) groups excluding carboxylic acids is 1. The van der Waals surface area contributed by atoms with E-state index in [0.717, 1.165) is 17.4 Å². The molecule has 1 amide bonds. The predicted molar refractivity (Wildman–Crippen MR) is 75.5 cm³/mol. The summed E-state index contributed by atoms with van der Waals surface area (Å²) in [6, 6.07) is 8.39. The summed E-state index contributed by atoms with van der Waals surface area (Å²) in [5, 5.41) is 0.824. The van der Waals surface area contributed by atoms with E-state index < -0.39 is 0 Å². The average molecular weight is 298 g/mol. The van der Waals surface area contributed by atoms with Gasteiger partial charge in [-0.2, -0.15) is 0 Å². The molecule has 94 valence electrons. The van der Waals surface area contributed by atoms with Crippen LogP contribution in [0.15, 0.2) is 24.3 Å². The van der Waals surface area contributed by atoms with Crippen LogP contribution in [0.2, 0.25) is 0 Å². The maximum Gasteiger partial charge on any atom is 0.227 e. The third-order valence-corrected chi connectivity index (χ3v) is 3.06. The van der Waals surface area contributed by atoms with E-state index >= 15 is 0 Å². The van der Waals surface area contributed by atoms with Gasteiger partial charge in [0.05, 0.1) is 6.42 Å². The Hall–Kier alpha value is -0.830. The van der Waals surface area contributed by atoms with Crippen LogP contribution in [0.3, 0.4) is 0 Å². The van der Waals surface area contributed by atoms with Gasteiger partial charge in [-0.1, -0.05) is 45.8 Å². The van der Waals surface area contributed by atoms with Crippen molar-refractivity contribution in [3.8, 4) is 0 Å². The summed E-state index contributed by atoms with van der Waals surface area (Å²) in [4.78, 5) is 14.1. The molecule has 0 aliphatic heterocycles. The van der Waals surface area contributed by atoms with Crippen LogP contribution in [-0.4, -0.2) is 28.7 Å². The van der Waals surface area contributed by atoms with Gasteiger partial charge in [0.25, 0.3) is 0 Å². The zero-order valence-electron chi connectivity index (χ0n) is 10.7. The lowest BCUT2D eigenvalue weighted by Crippen LogP contribution is -2.39. The lowest BCUT2D eigenvalue weighted by Gasteiger charge is -2.26. The third-order valence-electron chi connectivity index (χ3n) is 2.71. The highest BCUT2D eigenvalue weighted by Crippen LogP contribution is 2.09. The number of nitrogens with zero attached hydrogens (tertiary/aromatic N) is 1. The lowest BCUT2D eigenvalue weighted by atomic mass is 10.1. The number of alkyl halides is 1. The SMILES string of the molecule is Cc1cccc(CC(=O)N(CCBr)C(C)C)c1. The molecule has 0 spiro atoms. The number of amides is 1. The molecule has 1 rings (SSSR count). The van der Waals surface area contributed by atoms with Gasteiger partial charge in [0.1, 0.15) is 0 Å². The van der Waals surface area contributed by atoms with Gasteiger partial charge in [-0.3, -0.25) is 4.79 Å². The lowest BCUT2D eigenvalue weighted by molar-refractivity contribution is -0.131. The van der Waals surface area contributed by atoms with E-state index in [2.05, 4.69) is 35.8 Å². The highest BCUT2D eigenvalue weighted by atomic mass is 79.9. The van der Waals surface area contributed by atoms with Crippen molar-refractivity contribution in [3.63, 3.8) is 0 Å². The molecule has 0 radical (unpaired) electrons. The Morgan fingerprint density at radius 1 is 1.41 bits per heavy atom. The Bertz CT molecular complexity index is 376. The zero-order chi connectivity index (χ0) is 12.8. The number of hydrogen-bond donors (Lipinski definition) is 0. The minimum absolute atomic E-state index is 0.199. The second kappa shape index (κ2) is 6.80. The van der Waals surface area contributed by atoms with Crippen molar-refractivity contribution in [2.45, 2.75) is 33.2 Å². The van der Waals surface area contributed by atoms with Gasteiger partial charge in [-0.15, -0.1) is 0 Å². The van der Waals surface area contributed by atoms with Gasteiger partial charge in [0.15, 0.2) is 0 Å². The molecule has 1 aromatic rings. The van der Waals surface area contributed by atoms with Crippen LogP contribution in [0.4, 0.5) is 0 Å². The van der Waals surface area contributed by atoms with E-state index in [1.165, 1.54) is 5.56 Å². The summed E-state index contributed by atoms with van der Waals surface area (Å²) in [5.41, 5.74) is 2.29. The highest BCUT2D eigenvalue weighted by Gasteiger charge is 2.16. The van der Waals surface area contributed by atoms with E-state index in [4.69, 9.17) is 0 Å². The molecule has 0 N–H and O–H groups in total. The first kappa shape index (κ1) is 14.2. The Kier molecular flexibility index (Phi) is 5.69. The van der Waals surface area contributed by atoms with Crippen molar-refractivity contribution in [2.75, 3.05) is 11.9 Å². The van der Waals surface area contributed by atoms with Crippen LogP contribution >= 0.6 is 15.9 Å². The average Bonchev–Trinajstić information content (AvgIpc) is 2.25. The molecule has 0 aromatic heterocycles. The molecule has 3 heteroatoms. The molecule has 2 nitrogen and oxygen atoms in total. The molecule has 0 heterocycles. The molecule has 1 aromatic carbocycles. The number of carbonyl (C=O) groups is 1. The first-order valence-corrected chi connectivity index (χ1v) is 7.07. The van der Waals surface area contributed by atoms with Gasteiger partial charge < -0.3 is 4.90 Å². The van der Waals surface area contributed by atoms with Gasteiger partial charge >= 0.3 is 0 Å². The Balaban J connectivity index is 2.69. The maximum absolute atomic E-state index is 12.2. The maximum atomic E-state index is 12.2. The first-order chi connectivity index (χ1) is 8.04. The van der Waals surface area contributed by atoms with E-state index in [1.807, 2.05) is 30.0 Å².